The Morgan fingerprint density at radius 1 is 0.897 bits per heavy atom. The van der Waals surface area contributed by atoms with Crippen LogP contribution in [0.3, 0.4) is 0 Å². The van der Waals surface area contributed by atoms with Gasteiger partial charge in [-0.2, -0.15) is 16.8 Å². The van der Waals surface area contributed by atoms with Gasteiger partial charge in [0, 0.05) is 6.42 Å². The Kier molecular flexibility index (Phi) is 6.42. The number of rotatable bonds is 7. The molecule has 0 bridgehead atoms. The second-order valence-electron chi connectivity index (χ2n) is 6.82. The molecule has 10 heteroatoms. The summed E-state index contributed by atoms with van der Waals surface area (Å²) >= 11 is 0. The Morgan fingerprint density at radius 2 is 1.38 bits per heavy atom. The van der Waals surface area contributed by atoms with Crippen molar-refractivity contribution in [1.82, 2.24) is 0 Å². The van der Waals surface area contributed by atoms with Crippen LogP contribution >= 0.6 is 0 Å². The Labute approximate surface area is 170 Å². The second-order valence-corrected chi connectivity index (χ2v) is 10.0. The molecule has 8 nitrogen and oxygen atoms in total. The number of aliphatic hydroxyl groups is 1. The molecular weight excluding hydrogens is 420 g/mol. The first-order chi connectivity index (χ1) is 13.6. The van der Waals surface area contributed by atoms with Crippen molar-refractivity contribution in [3.8, 4) is 0 Å². The van der Waals surface area contributed by atoms with Gasteiger partial charge in [0.1, 0.15) is 12.2 Å². The van der Waals surface area contributed by atoms with Crippen molar-refractivity contribution >= 4 is 20.2 Å². The van der Waals surface area contributed by atoms with E-state index in [1.165, 1.54) is 24.3 Å². The Hall–Kier alpha value is -1.82. The summed E-state index contributed by atoms with van der Waals surface area (Å²) in [6.45, 7) is 3.14. The minimum atomic E-state index is -4.12. The van der Waals surface area contributed by atoms with Gasteiger partial charge < -0.3 is 9.84 Å². The van der Waals surface area contributed by atoms with E-state index in [4.69, 9.17) is 13.1 Å². The second kappa shape index (κ2) is 8.50. The predicted octanol–water partition coefficient (Wildman–Crippen LogP) is 1.89. The lowest BCUT2D eigenvalue weighted by molar-refractivity contribution is -0.103. The lowest BCUT2D eigenvalue weighted by Gasteiger charge is -2.18. The van der Waals surface area contributed by atoms with Crippen molar-refractivity contribution in [3.63, 3.8) is 0 Å². The highest BCUT2D eigenvalue weighted by atomic mass is 32.2. The van der Waals surface area contributed by atoms with Crippen LogP contribution in [0, 0.1) is 13.8 Å². The highest BCUT2D eigenvalue weighted by Gasteiger charge is 2.39. The first-order valence-electron chi connectivity index (χ1n) is 8.86. The Morgan fingerprint density at radius 3 is 1.90 bits per heavy atom. The monoisotopic (exact) mass is 442 g/mol. The molecule has 0 aliphatic carbocycles. The lowest BCUT2D eigenvalue weighted by Crippen LogP contribution is -2.32. The zero-order valence-electron chi connectivity index (χ0n) is 15.9. The summed E-state index contributed by atoms with van der Waals surface area (Å²) in [5, 5.41) is 9.75. The minimum absolute atomic E-state index is 0.0357. The smallest absolute Gasteiger partial charge is 0.297 e. The standard InChI is InChI=1S/C19H22O8S2/c1-13-3-7-15(8-4-13)28(21,22)25-12-18-17(11-19(20)26-18)27-29(23,24)16-9-5-14(2)6-10-16/h3-10,17-20H,11-12H2,1-2H3/t17-,18+,19?/m0/s1. The third-order valence-electron chi connectivity index (χ3n) is 4.44. The van der Waals surface area contributed by atoms with Crippen molar-refractivity contribution in [2.24, 2.45) is 0 Å². The van der Waals surface area contributed by atoms with Crippen LogP contribution in [-0.2, 0) is 33.3 Å². The molecule has 3 rings (SSSR count). The Bertz CT molecular complexity index is 1040. The molecule has 0 saturated carbocycles. The van der Waals surface area contributed by atoms with E-state index in [0.717, 1.165) is 11.1 Å². The quantitative estimate of drug-likeness (QED) is 0.646. The maximum atomic E-state index is 12.5. The predicted molar refractivity (Wildman–Crippen MR) is 103 cm³/mol. The first kappa shape index (κ1) is 21.9. The summed E-state index contributed by atoms with van der Waals surface area (Å²) in [5.74, 6) is 0. The first-order valence-corrected chi connectivity index (χ1v) is 11.7. The van der Waals surface area contributed by atoms with E-state index in [-0.39, 0.29) is 16.2 Å². The van der Waals surface area contributed by atoms with Gasteiger partial charge in [0.05, 0.1) is 16.4 Å². The average molecular weight is 443 g/mol. The van der Waals surface area contributed by atoms with Gasteiger partial charge in [0.15, 0.2) is 6.29 Å². The van der Waals surface area contributed by atoms with Crippen molar-refractivity contribution in [1.29, 1.82) is 0 Å². The maximum absolute atomic E-state index is 12.5. The van der Waals surface area contributed by atoms with Crippen LogP contribution < -0.4 is 0 Å². The van der Waals surface area contributed by atoms with Crippen molar-refractivity contribution < 1.29 is 35.0 Å². The number of aliphatic hydroxyl groups excluding tert-OH is 1. The van der Waals surface area contributed by atoms with Crippen LogP contribution in [0.1, 0.15) is 17.5 Å². The van der Waals surface area contributed by atoms with Gasteiger partial charge in [0.25, 0.3) is 20.2 Å². The molecule has 1 unspecified atom stereocenters. The molecule has 1 aliphatic rings. The summed E-state index contributed by atoms with van der Waals surface area (Å²) in [7, 11) is -8.20. The van der Waals surface area contributed by atoms with Gasteiger partial charge >= 0.3 is 0 Å². The molecule has 0 amide bonds. The number of ether oxygens (including phenoxy) is 1. The summed E-state index contributed by atoms with van der Waals surface area (Å²) in [5.41, 5.74) is 1.78. The lowest BCUT2D eigenvalue weighted by atomic mass is 10.2. The molecule has 3 atom stereocenters. The van der Waals surface area contributed by atoms with Crippen LogP contribution in [0.2, 0.25) is 0 Å². The van der Waals surface area contributed by atoms with E-state index in [1.54, 1.807) is 24.3 Å². The molecule has 1 fully saturated rings. The molecule has 0 spiro atoms. The van der Waals surface area contributed by atoms with Crippen LogP contribution in [-0.4, -0.2) is 47.0 Å². The minimum Gasteiger partial charge on any atom is -0.368 e. The number of benzene rings is 2. The molecule has 2 aromatic rings. The molecule has 158 valence electrons. The summed E-state index contributed by atoms with van der Waals surface area (Å²) < 4.78 is 65.1. The van der Waals surface area contributed by atoms with Gasteiger partial charge in [-0.05, 0) is 38.1 Å². The summed E-state index contributed by atoms with van der Waals surface area (Å²) in [6, 6.07) is 12.2. The molecule has 2 aromatic carbocycles. The van der Waals surface area contributed by atoms with Gasteiger partial charge in [0.2, 0.25) is 0 Å². The number of hydrogen-bond donors (Lipinski definition) is 1. The normalized spacial score (nSPS) is 22.7. The van der Waals surface area contributed by atoms with Gasteiger partial charge in [-0.15, -0.1) is 0 Å². The highest BCUT2D eigenvalue weighted by Crippen LogP contribution is 2.27. The summed E-state index contributed by atoms with van der Waals surface area (Å²) in [4.78, 5) is -0.0807. The fraction of sp³-hybridized carbons (Fsp3) is 0.368. The average Bonchev–Trinajstić information content (AvgIpc) is 2.99. The molecule has 1 saturated heterocycles. The van der Waals surface area contributed by atoms with E-state index in [1.807, 2.05) is 13.8 Å². The fourth-order valence-corrected chi connectivity index (χ4v) is 4.82. The highest BCUT2D eigenvalue weighted by molar-refractivity contribution is 7.87. The molecule has 1 aliphatic heterocycles. The van der Waals surface area contributed by atoms with Gasteiger partial charge in [-0.25, -0.2) is 0 Å². The van der Waals surface area contributed by atoms with E-state index < -0.39 is 45.3 Å². The third-order valence-corrected chi connectivity index (χ3v) is 7.08. The van der Waals surface area contributed by atoms with Crippen LogP contribution in [0.4, 0.5) is 0 Å². The maximum Gasteiger partial charge on any atom is 0.297 e. The van der Waals surface area contributed by atoms with Crippen molar-refractivity contribution in [3.05, 3.63) is 59.7 Å². The van der Waals surface area contributed by atoms with E-state index in [0.29, 0.717) is 0 Å². The number of aryl methyl sites for hydroxylation is 2. The summed E-state index contributed by atoms with van der Waals surface area (Å²) in [6.07, 6.45) is -3.59. The molecule has 1 heterocycles. The topological polar surface area (TPSA) is 116 Å². The molecular formula is C19H22O8S2. The van der Waals surface area contributed by atoms with Crippen LogP contribution in [0.15, 0.2) is 58.3 Å². The zero-order chi connectivity index (χ0) is 21.2. The largest absolute Gasteiger partial charge is 0.368 e. The van der Waals surface area contributed by atoms with Crippen LogP contribution in [0.5, 0.6) is 0 Å². The van der Waals surface area contributed by atoms with E-state index in [2.05, 4.69) is 0 Å². The van der Waals surface area contributed by atoms with E-state index >= 15 is 0 Å². The third kappa shape index (κ3) is 5.41. The Balaban J connectivity index is 1.70. The fourth-order valence-electron chi connectivity index (χ4n) is 2.80. The molecule has 0 aromatic heterocycles. The zero-order valence-corrected chi connectivity index (χ0v) is 17.5. The van der Waals surface area contributed by atoms with Crippen LogP contribution in [0.25, 0.3) is 0 Å². The van der Waals surface area contributed by atoms with Crippen molar-refractivity contribution in [2.75, 3.05) is 6.61 Å². The van der Waals surface area contributed by atoms with E-state index in [9.17, 15) is 21.9 Å². The van der Waals surface area contributed by atoms with Gasteiger partial charge in [-0.1, -0.05) is 35.4 Å². The van der Waals surface area contributed by atoms with Gasteiger partial charge in [-0.3, -0.25) is 8.37 Å². The number of hydrogen-bond acceptors (Lipinski definition) is 8. The molecule has 1 N–H and O–H groups in total. The van der Waals surface area contributed by atoms with Crippen molar-refractivity contribution in [2.45, 2.75) is 48.6 Å². The molecule has 29 heavy (non-hydrogen) atoms. The SMILES string of the molecule is Cc1ccc(S(=O)(=O)OC[C@H]2OC(O)C[C@@H]2OS(=O)(=O)c2ccc(C)cc2)cc1. The molecule has 0 radical (unpaired) electrons.